The molecule has 2 rings (SSSR count). The summed E-state index contributed by atoms with van der Waals surface area (Å²) in [5.41, 5.74) is 1.51. The summed E-state index contributed by atoms with van der Waals surface area (Å²) in [6, 6.07) is 6.77. The van der Waals surface area contributed by atoms with Crippen molar-refractivity contribution in [3.63, 3.8) is 0 Å². The van der Waals surface area contributed by atoms with Gasteiger partial charge in [-0.3, -0.25) is 9.88 Å². The molecule has 0 bridgehead atoms. The lowest BCUT2D eigenvalue weighted by Crippen LogP contribution is -2.53. The second kappa shape index (κ2) is 5.15. The molecule has 0 aromatic carbocycles. The van der Waals surface area contributed by atoms with E-state index in [9.17, 15) is 0 Å². The van der Waals surface area contributed by atoms with Gasteiger partial charge in [-0.1, -0.05) is 19.9 Å². The molecule has 1 fully saturated rings. The molecule has 0 aliphatic carbocycles. The van der Waals surface area contributed by atoms with Gasteiger partial charge >= 0.3 is 0 Å². The number of nitrogens with one attached hydrogen (secondary N) is 1. The Morgan fingerprint density at radius 3 is 2.88 bits per heavy atom. The molecule has 0 radical (unpaired) electrons. The maximum absolute atomic E-state index is 4.40. The summed E-state index contributed by atoms with van der Waals surface area (Å²) in [7, 11) is 2.07. The van der Waals surface area contributed by atoms with Gasteiger partial charge in [-0.2, -0.15) is 0 Å². The first-order valence-corrected chi connectivity index (χ1v) is 6.41. The van der Waals surface area contributed by atoms with Crippen molar-refractivity contribution in [3.05, 3.63) is 30.1 Å². The Labute approximate surface area is 104 Å². The van der Waals surface area contributed by atoms with Gasteiger partial charge in [0, 0.05) is 31.9 Å². The van der Waals surface area contributed by atoms with Gasteiger partial charge in [0.25, 0.3) is 0 Å². The zero-order valence-electron chi connectivity index (χ0n) is 11.1. The largest absolute Gasteiger partial charge is 0.316 e. The van der Waals surface area contributed by atoms with E-state index in [0.29, 0.717) is 11.5 Å². The van der Waals surface area contributed by atoms with Crippen LogP contribution in [0.25, 0.3) is 0 Å². The fraction of sp³-hybridized carbons (Fsp3) is 0.643. The maximum Gasteiger partial charge on any atom is 0.0543 e. The predicted octanol–water partition coefficient (Wildman–Crippen LogP) is 1.90. The minimum atomic E-state index is 0.335. The van der Waals surface area contributed by atoms with Gasteiger partial charge < -0.3 is 5.32 Å². The lowest BCUT2D eigenvalue weighted by Gasteiger charge is -2.44. The molecule has 0 amide bonds. The third-order valence-corrected chi connectivity index (χ3v) is 3.77. The number of hydrogen-bond acceptors (Lipinski definition) is 3. The average Bonchev–Trinajstić information content (AvgIpc) is 2.29. The Kier molecular flexibility index (Phi) is 3.79. The Hall–Kier alpha value is -0.930. The molecule has 1 aromatic rings. The monoisotopic (exact) mass is 233 g/mol. The quantitative estimate of drug-likeness (QED) is 0.864. The highest BCUT2D eigenvalue weighted by molar-refractivity contribution is 5.04. The van der Waals surface area contributed by atoms with Crippen molar-refractivity contribution in [1.82, 2.24) is 15.2 Å². The molecule has 1 aromatic heterocycles. The Bertz CT molecular complexity index is 348. The van der Waals surface area contributed by atoms with Crippen LogP contribution in [0.5, 0.6) is 0 Å². The van der Waals surface area contributed by atoms with E-state index in [4.69, 9.17) is 0 Å². The third kappa shape index (κ3) is 3.05. The van der Waals surface area contributed by atoms with E-state index in [1.807, 2.05) is 12.3 Å². The number of likely N-dealkylation sites (tertiary alicyclic amines) is 1. The molecule has 0 saturated carbocycles. The molecule has 3 heteroatoms. The number of piperidine rings is 1. The van der Waals surface area contributed by atoms with Crippen molar-refractivity contribution in [2.24, 2.45) is 5.41 Å². The van der Waals surface area contributed by atoms with Crippen LogP contribution in [-0.4, -0.2) is 36.1 Å². The van der Waals surface area contributed by atoms with Crippen LogP contribution in [0.3, 0.4) is 0 Å². The number of rotatable bonds is 3. The van der Waals surface area contributed by atoms with E-state index in [1.165, 1.54) is 12.1 Å². The summed E-state index contributed by atoms with van der Waals surface area (Å²) in [4.78, 5) is 6.91. The molecule has 1 aliphatic heterocycles. The summed E-state index contributed by atoms with van der Waals surface area (Å²) in [5, 5.41) is 3.44. The van der Waals surface area contributed by atoms with Gasteiger partial charge in [0.1, 0.15) is 0 Å². The average molecular weight is 233 g/mol. The summed E-state index contributed by atoms with van der Waals surface area (Å²) in [5.74, 6) is 0. The zero-order valence-corrected chi connectivity index (χ0v) is 11.1. The molecule has 1 saturated heterocycles. The Morgan fingerprint density at radius 2 is 2.29 bits per heavy atom. The van der Waals surface area contributed by atoms with Crippen LogP contribution in [-0.2, 0) is 6.54 Å². The van der Waals surface area contributed by atoms with E-state index < -0.39 is 0 Å². The number of aromatic nitrogens is 1. The van der Waals surface area contributed by atoms with E-state index >= 15 is 0 Å². The van der Waals surface area contributed by atoms with Gasteiger partial charge in [-0.05, 0) is 31.0 Å². The van der Waals surface area contributed by atoms with Crippen LogP contribution in [0.4, 0.5) is 0 Å². The van der Waals surface area contributed by atoms with E-state index in [0.717, 1.165) is 19.6 Å². The number of pyridine rings is 1. The summed E-state index contributed by atoms with van der Waals surface area (Å²) in [6.45, 7) is 7.96. The lowest BCUT2D eigenvalue weighted by atomic mass is 9.79. The van der Waals surface area contributed by atoms with Gasteiger partial charge in [-0.25, -0.2) is 0 Å². The van der Waals surface area contributed by atoms with Crippen LogP contribution < -0.4 is 5.32 Å². The predicted molar refractivity (Wildman–Crippen MR) is 70.8 cm³/mol. The van der Waals surface area contributed by atoms with Crippen LogP contribution in [0.15, 0.2) is 24.4 Å². The molecule has 1 unspecified atom stereocenters. The highest BCUT2D eigenvalue weighted by Gasteiger charge is 2.34. The van der Waals surface area contributed by atoms with E-state index in [1.54, 1.807) is 0 Å². The zero-order chi connectivity index (χ0) is 12.3. The van der Waals surface area contributed by atoms with Crippen molar-refractivity contribution in [3.8, 4) is 0 Å². The van der Waals surface area contributed by atoms with Gasteiger partial charge in [0.2, 0.25) is 0 Å². The summed E-state index contributed by atoms with van der Waals surface area (Å²) < 4.78 is 0. The summed E-state index contributed by atoms with van der Waals surface area (Å²) >= 11 is 0. The third-order valence-electron chi connectivity index (χ3n) is 3.77. The lowest BCUT2D eigenvalue weighted by molar-refractivity contribution is 0.0755. The Balaban J connectivity index is 1.97. The van der Waals surface area contributed by atoms with Gasteiger partial charge in [-0.15, -0.1) is 0 Å². The highest BCUT2D eigenvalue weighted by atomic mass is 15.2. The molecule has 1 N–H and O–H groups in total. The first kappa shape index (κ1) is 12.5. The molecule has 94 valence electrons. The standard InChI is InChI=1S/C14H23N3/c1-14(2)11-17(9-7-13(14)15-3)10-12-6-4-5-8-16-12/h4-6,8,13,15H,7,9-11H2,1-3H3. The second-order valence-electron chi connectivity index (χ2n) is 5.65. The smallest absolute Gasteiger partial charge is 0.0543 e. The minimum Gasteiger partial charge on any atom is -0.316 e. The summed E-state index contributed by atoms with van der Waals surface area (Å²) in [6.07, 6.45) is 3.09. The molecular formula is C14H23N3. The molecule has 0 spiro atoms. The van der Waals surface area contributed by atoms with Crippen molar-refractivity contribution >= 4 is 0 Å². The van der Waals surface area contributed by atoms with Crippen molar-refractivity contribution in [2.45, 2.75) is 32.9 Å². The van der Waals surface area contributed by atoms with Crippen LogP contribution in [0.2, 0.25) is 0 Å². The van der Waals surface area contributed by atoms with E-state index in [-0.39, 0.29) is 0 Å². The first-order chi connectivity index (χ1) is 8.12. The van der Waals surface area contributed by atoms with Crippen LogP contribution in [0.1, 0.15) is 26.0 Å². The van der Waals surface area contributed by atoms with Crippen molar-refractivity contribution in [2.75, 3.05) is 20.1 Å². The van der Waals surface area contributed by atoms with Crippen molar-refractivity contribution in [1.29, 1.82) is 0 Å². The number of nitrogens with zero attached hydrogens (tertiary/aromatic N) is 2. The molecule has 1 aliphatic rings. The SMILES string of the molecule is CNC1CCN(Cc2ccccn2)CC1(C)C. The topological polar surface area (TPSA) is 28.2 Å². The minimum absolute atomic E-state index is 0.335. The molecular weight excluding hydrogens is 210 g/mol. The maximum atomic E-state index is 4.40. The molecule has 3 nitrogen and oxygen atoms in total. The van der Waals surface area contributed by atoms with Crippen molar-refractivity contribution < 1.29 is 0 Å². The Morgan fingerprint density at radius 1 is 1.47 bits per heavy atom. The van der Waals surface area contributed by atoms with Gasteiger partial charge in [0.05, 0.1) is 5.69 Å². The second-order valence-corrected chi connectivity index (χ2v) is 5.65. The number of hydrogen-bond donors (Lipinski definition) is 1. The van der Waals surface area contributed by atoms with E-state index in [2.05, 4.69) is 48.2 Å². The highest BCUT2D eigenvalue weighted by Crippen LogP contribution is 2.29. The molecule has 17 heavy (non-hydrogen) atoms. The molecule has 1 atom stereocenters. The first-order valence-electron chi connectivity index (χ1n) is 6.41. The van der Waals surface area contributed by atoms with Gasteiger partial charge in [0.15, 0.2) is 0 Å². The fourth-order valence-corrected chi connectivity index (χ4v) is 2.86. The fourth-order valence-electron chi connectivity index (χ4n) is 2.86. The van der Waals surface area contributed by atoms with Crippen LogP contribution in [0, 0.1) is 5.41 Å². The van der Waals surface area contributed by atoms with Crippen LogP contribution >= 0.6 is 0 Å². The normalized spacial score (nSPS) is 24.8. The molecule has 2 heterocycles.